The van der Waals surface area contributed by atoms with Crippen molar-refractivity contribution in [2.24, 2.45) is 0 Å². The van der Waals surface area contributed by atoms with Crippen molar-refractivity contribution in [1.82, 2.24) is 4.57 Å². The molecule has 0 unspecified atom stereocenters. The van der Waals surface area contributed by atoms with Gasteiger partial charge in [-0.15, -0.1) is 0 Å². The molecule has 23 heavy (non-hydrogen) atoms. The SMILES string of the molecule is [2H]c1c([2H])c([2H])c(-c2cccc3c4ccccc4n(C(C)(C)C)c23)c([2H])c1[2H]. The molecule has 4 rings (SSSR count). The van der Waals surface area contributed by atoms with Gasteiger partial charge in [-0.05, 0) is 32.4 Å². The van der Waals surface area contributed by atoms with Gasteiger partial charge in [0.2, 0.25) is 0 Å². The molecule has 0 N–H and O–H groups in total. The van der Waals surface area contributed by atoms with Gasteiger partial charge in [0, 0.05) is 27.4 Å². The molecule has 0 radical (unpaired) electrons. The van der Waals surface area contributed by atoms with Gasteiger partial charge >= 0.3 is 0 Å². The number of benzene rings is 3. The molecule has 0 bridgehead atoms. The van der Waals surface area contributed by atoms with Crippen LogP contribution in [0.1, 0.15) is 27.6 Å². The van der Waals surface area contributed by atoms with Crippen molar-refractivity contribution in [3.63, 3.8) is 0 Å². The Hall–Kier alpha value is -2.54. The van der Waals surface area contributed by atoms with Gasteiger partial charge in [0.1, 0.15) is 0 Å². The summed E-state index contributed by atoms with van der Waals surface area (Å²) in [5, 5.41) is 2.09. The fourth-order valence-corrected chi connectivity index (χ4v) is 3.30. The number of hydrogen-bond acceptors (Lipinski definition) is 0. The van der Waals surface area contributed by atoms with Gasteiger partial charge in [-0.3, -0.25) is 0 Å². The van der Waals surface area contributed by atoms with Gasteiger partial charge in [0.05, 0.1) is 12.4 Å². The molecule has 0 aliphatic rings. The average molecular weight is 304 g/mol. The quantitative estimate of drug-likeness (QED) is 0.393. The summed E-state index contributed by atoms with van der Waals surface area (Å²) in [6.45, 7) is 6.33. The Morgan fingerprint density at radius 1 is 0.826 bits per heavy atom. The maximum absolute atomic E-state index is 8.43. The molecule has 1 aromatic heterocycles. The lowest BCUT2D eigenvalue weighted by Crippen LogP contribution is -2.21. The van der Waals surface area contributed by atoms with Crippen molar-refractivity contribution in [2.75, 3.05) is 0 Å². The maximum atomic E-state index is 8.43. The lowest BCUT2D eigenvalue weighted by atomic mass is 10.0. The lowest BCUT2D eigenvalue weighted by Gasteiger charge is -2.25. The highest BCUT2D eigenvalue weighted by molar-refractivity contribution is 6.12. The van der Waals surface area contributed by atoms with Gasteiger partial charge in [-0.1, -0.05) is 66.6 Å². The minimum absolute atomic E-state index is 0.177. The van der Waals surface area contributed by atoms with Crippen LogP contribution in [-0.4, -0.2) is 4.57 Å². The third kappa shape index (κ3) is 2.16. The van der Waals surface area contributed by atoms with Gasteiger partial charge in [-0.25, -0.2) is 0 Å². The third-order valence-corrected chi connectivity index (χ3v) is 4.13. The minimum Gasteiger partial charge on any atom is -0.335 e. The maximum Gasteiger partial charge on any atom is 0.0629 e. The van der Waals surface area contributed by atoms with E-state index < -0.39 is 0 Å². The van der Waals surface area contributed by atoms with Crippen LogP contribution in [0.3, 0.4) is 0 Å². The predicted octanol–water partition coefficient (Wildman–Crippen LogP) is 6.22. The zero-order valence-corrected chi connectivity index (χ0v) is 13.5. The standard InChI is InChI=1S/C22H21N/c1-22(2,3)23-20-15-8-7-12-18(20)19-14-9-13-17(21(19)23)16-10-5-4-6-11-16/h4-15H,1-3H3/i4D,5D,6D,10D,11D. The fraction of sp³-hybridized carbons (Fsp3) is 0.182. The zero-order valence-electron chi connectivity index (χ0n) is 18.5. The molecule has 1 heterocycles. The Morgan fingerprint density at radius 2 is 1.52 bits per heavy atom. The van der Waals surface area contributed by atoms with Gasteiger partial charge in [0.15, 0.2) is 0 Å². The summed E-state index contributed by atoms with van der Waals surface area (Å²) in [5.41, 5.74) is 2.58. The number of hydrogen-bond donors (Lipinski definition) is 0. The highest BCUT2D eigenvalue weighted by atomic mass is 15.0. The number of aromatic nitrogens is 1. The van der Waals surface area contributed by atoms with Crippen LogP contribution < -0.4 is 0 Å². The molecule has 0 amide bonds. The van der Waals surface area contributed by atoms with Gasteiger partial charge < -0.3 is 4.57 Å². The van der Waals surface area contributed by atoms with Crippen LogP contribution in [0, 0.1) is 0 Å². The first-order valence-electron chi connectivity index (χ1n) is 10.2. The number of fused-ring (bicyclic) bond motifs is 3. The largest absolute Gasteiger partial charge is 0.335 e. The van der Waals surface area contributed by atoms with Crippen molar-refractivity contribution in [1.29, 1.82) is 0 Å². The molecular formula is C22H21N. The van der Waals surface area contributed by atoms with Crippen LogP contribution in [0.15, 0.2) is 72.7 Å². The molecule has 0 saturated carbocycles. The van der Waals surface area contributed by atoms with Crippen molar-refractivity contribution in [3.8, 4) is 11.1 Å². The summed E-state index contributed by atoms with van der Waals surface area (Å²) in [6, 6.07) is 12.5. The van der Waals surface area contributed by atoms with E-state index in [0.29, 0.717) is 5.56 Å². The average Bonchev–Trinajstić information content (AvgIpc) is 3.00. The lowest BCUT2D eigenvalue weighted by molar-refractivity contribution is 0.423. The molecule has 0 saturated heterocycles. The molecule has 114 valence electrons. The summed E-state index contributed by atoms with van der Waals surface area (Å²) in [5.74, 6) is 0. The Balaban J connectivity index is 2.27. The molecule has 0 fully saturated rings. The van der Waals surface area contributed by atoms with Crippen LogP contribution in [0.25, 0.3) is 32.9 Å². The van der Waals surface area contributed by atoms with Crippen LogP contribution in [-0.2, 0) is 5.54 Å². The molecule has 1 nitrogen and oxygen atoms in total. The first-order valence-corrected chi connectivity index (χ1v) is 7.74. The first kappa shape index (κ1) is 9.57. The number of para-hydroxylation sites is 2. The second-order valence-corrected chi connectivity index (χ2v) is 6.73. The van der Waals surface area contributed by atoms with E-state index in [9.17, 15) is 0 Å². The highest BCUT2D eigenvalue weighted by Crippen LogP contribution is 2.39. The molecular weight excluding hydrogens is 278 g/mol. The fourth-order valence-electron chi connectivity index (χ4n) is 3.30. The van der Waals surface area contributed by atoms with E-state index in [4.69, 9.17) is 6.85 Å². The van der Waals surface area contributed by atoms with E-state index in [-0.39, 0.29) is 41.3 Å². The topological polar surface area (TPSA) is 4.93 Å². The first-order chi connectivity index (χ1) is 13.1. The molecule has 0 aliphatic carbocycles. The Morgan fingerprint density at radius 3 is 2.26 bits per heavy atom. The molecule has 1 heteroatoms. The van der Waals surface area contributed by atoms with E-state index in [2.05, 4.69) is 37.5 Å². The van der Waals surface area contributed by atoms with Crippen LogP contribution >= 0.6 is 0 Å². The van der Waals surface area contributed by atoms with Crippen LogP contribution in [0.2, 0.25) is 0 Å². The smallest absolute Gasteiger partial charge is 0.0629 e. The molecule has 3 aromatic carbocycles. The Bertz CT molecular complexity index is 1220. The summed E-state index contributed by atoms with van der Waals surface area (Å²) >= 11 is 0. The third-order valence-electron chi connectivity index (χ3n) is 4.13. The van der Waals surface area contributed by atoms with Crippen molar-refractivity contribution >= 4 is 21.8 Å². The van der Waals surface area contributed by atoms with E-state index in [0.717, 1.165) is 21.8 Å². The van der Waals surface area contributed by atoms with E-state index in [1.165, 1.54) is 0 Å². The monoisotopic (exact) mass is 304 g/mol. The van der Waals surface area contributed by atoms with E-state index >= 15 is 0 Å². The molecule has 0 atom stereocenters. The molecule has 0 spiro atoms. The predicted molar refractivity (Wildman–Crippen MR) is 99.9 cm³/mol. The highest BCUT2D eigenvalue weighted by Gasteiger charge is 2.22. The summed E-state index contributed by atoms with van der Waals surface area (Å²) in [6.07, 6.45) is 0. The second-order valence-electron chi connectivity index (χ2n) is 6.73. The van der Waals surface area contributed by atoms with Gasteiger partial charge in [-0.2, -0.15) is 0 Å². The van der Waals surface area contributed by atoms with Crippen LogP contribution in [0.4, 0.5) is 0 Å². The Labute approximate surface area is 144 Å². The summed E-state index contributed by atoms with van der Waals surface area (Å²) < 4.78 is 43.1. The van der Waals surface area contributed by atoms with Crippen molar-refractivity contribution < 1.29 is 6.85 Å². The van der Waals surface area contributed by atoms with E-state index in [1.54, 1.807) is 0 Å². The molecule has 4 aromatic rings. The summed E-state index contributed by atoms with van der Waals surface area (Å²) in [4.78, 5) is 0. The summed E-state index contributed by atoms with van der Waals surface area (Å²) in [7, 11) is 0. The van der Waals surface area contributed by atoms with Crippen molar-refractivity contribution in [2.45, 2.75) is 26.3 Å². The number of rotatable bonds is 1. The molecule has 0 aliphatic heterocycles. The normalized spacial score (nSPS) is 15.2. The van der Waals surface area contributed by atoms with Crippen molar-refractivity contribution in [3.05, 3.63) is 72.7 Å². The van der Waals surface area contributed by atoms with E-state index in [1.807, 2.05) is 30.3 Å². The van der Waals surface area contributed by atoms with Gasteiger partial charge in [0.25, 0.3) is 0 Å². The van der Waals surface area contributed by atoms with Crippen LogP contribution in [0.5, 0.6) is 0 Å². The zero-order chi connectivity index (χ0) is 20.4. The second kappa shape index (κ2) is 4.99. The Kier molecular flexibility index (Phi) is 2.07. The number of nitrogens with zero attached hydrogens (tertiary/aromatic N) is 1. The minimum atomic E-state index is -0.373.